The first kappa shape index (κ1) is 17.0. The molecule has 0 aliphatic carbocycles. The Morgan fingerprint density at radius 1 is 1.48 bits per heavy atom. The lowest BCUT2D eigenvalue weighted by atomic mass is 10.00. The highest BCUT2D eigenvalue weighted by Crippen LogP contribution is 2.19. The van der Waals surface area contributed by atoms with Crippen molar-refractivity contribution in [1.29, 1.82) is 0 Å². The SMILES string of the molecule is CCC(C)n1nccc1NC(=O)NCC(C)(O)c1cnn(C)c1. The molecule has 2 heterocycles. The number of hydrogen-bond donors (Lipinski definition) is 3. The summed E-state index contributed by atoms with van der Waals surface area (Å²) in [5, 5.41) is 24.1. The maximum atomic E-state index is 12.1. The van der Waals surface area contributed by atoms with Crippen molar-refractivity contribution in [2.45, 2.75) is 38.8 Å². The Labute approximate surface area is 135 Å². The third-order valence-corrected chi connectivity index (χ3v) is 3.84. The van der Waals surface area contributed by atoms with Crippen LogP contribution in [0.3, 0.4) is 0 Å². The fraction of sp³-hybridized carbons (Fsp3) is 0.533. The number of aromatic nitrogens is 4. The molecule has 8 heteroatoms. The second-order valence-electron chi connectivity index (χ2n) is 5.90. The molecule has 0 bridgehead atoms. The summed E-state index contributed by atoms with van der Waals surface area (Å²) in [7, 11) is 1.77. The summed E-state index contributed by atoms with van der Waals surface area (Å²) in [5.74, 6) is 0.623. The number of rotatable bonds is 6. The molecule has 0 saturated heterocycles. The van der Waals surface area contributed by atoms with Gasteiger partial charge >= 0.3 is 6.03 Å². The number of urea groups is 1. The van der Waals surface area contributed by atoms with Crippen LogP contribution >= 0.6 is 0 Å². The Morgan fingerprint density at radius 2 is 2.22 bits per heavy atom. The minimum absolute atomic E-state index is 0.0714. The maximum absolute atomic E-state index is 12.1. The van der Waals surface area contributed by atoms with Gasteiger partial charge in [0.2, 0.25) is 0 Å². The van der Waals surface area contributed by atoms with E-state index in [9.17, 15) is 9.90 Å². The van der Waals surface area contributed by atoms with Gasteiger partial charge in [0.1, 0.15) is 11.4 Å². The van der Waals surface area contributed by atoms with Crippen LogP contribution in [0.1, 0.15) is 38.8 Å². The van der Waals surface area contributed by atoms with E-state index in [1.54, 1.807) is 48.0 Å². The van der Waals surface area contributed by atoms with Crippen LogP contribution in [0.15, 0.2) is 24.7 Å². The van der Waals surface area contributed by atoms with Gasteiger partial charge in [0.15, 0.2) is 0 Å². The monoisotopic (exact) mass is 320 g/mol. The van der Waals surface area contributed by atoms with Crippen molar-refractivity contribution in [3.05, 3.63) is 30.2 Å². The van der Waals surface area contributed by atoms with E-state index >= 15 is 0 Å². The van der Waals surface area contributed by atoms with Gasteiger partial charge in [-0.1, -0.05) is 6.92 Å². The van der Waals surface area contributed by atoms with Crippen molar-refractivity contribution >= 4 is 11.8 Å². The van der Waals surface area contributed by atoms with Crippen molar-refractivity contribution in [3.63, 3.8) is 0 Å². The number of nitrogens with zero attached hydrogens (tertiary/aromatic N) is 4. The molecule has 0 spiro atoms. The Morgan fingerprint density at radius 3 is 2.83 bits per heavy atom. The average Bonchev–Trinajstić information content (AvgIpc) is 3.14. The van der Waals surface area contributed by atoms with Gasteiger partial charge in [-0.25, -0.2) is 9.48 Å². The van der Waals surface area contributed by atoms with Gasteiger partial charge in [0.25, 0.3) is 0 Å². The van der Waals surface area contributed by atoms with Crippen LogP contribution in [-0.4, -0.2) is 37.2 Å². The van der Waals surface area contributed by atoms with Crippen LogP contribution in [0.25, 0.3) is 0 Å². The molecule has 0 aromatic carbocycles. The lowest BCUT2D eigenvalue weighted by Crippen LogP contribution is -2.40. The van der Waals surface area contributed by atoms with Crippen LogP contribution in [0.4, 0.5) is 10.6 Å². The van der Waals surface area contributed by atoms with Crippen LogP contribution in [0, 0.1) is 0 Å². The molecule has 2 aromatic heterocycles. The molecule has 2 aromatic rings. The summed E-state index contributed by atoms with van der Waals surface area (Å²) in [6, 6.07) is 1.54. The number of carbonyl (C=O) groups excluding carboxylic acids is 1. The first-order valence-corrected chi connectivity index (χ1v) is 7.63. The molecule has 23 heavy (non-hydrogen) atoms. The summed E-state index contributed by atoms with van der Waals surface area (Å²) in [6.07, 6.45) is 5.86. The minimum Gasteiger partial charge on any atom is -0.383 e. The molecular formula is C15H24N6O2. The van der Waals surface area contributed by atoms with Crippen LogP contribution in [0.5, 0.6) is 0 Å². The second kappa shape index (κ2) is 6.82. The zero-order chi connectivity index (χ0) is 17.0. The maximum Gasteiger partial charge on any atom is 0.320 e. The van der Waals surface area contributed by atoms with Gasteiger partial charge in [0, 0.05) is 24.9 Å². The van der Waals surface area contributed by atoms with Crippen molar-refractivity contribution < 1.29 is 9.90 Å². The predicted molar refractivity (Wildman–Crippen MR) is 87.0 cm³/mol. The average molecular weight is 320 g/mol. The molecule has 0 fully saturated rings. The largest absolute Gasteiger partial charge is 0.383 e. The number of hydrogen-bond acceptors (Lipinski definition) is 4. The van der Waals surface area contributed by atoms with Crippen molar-refractivity contribution in [3.8, 4) is 0 Å². The summed E-state index contributed by atoms with van der Waals surface area (Å²) in [5.41, 5.74) is -0.548. The van der Waals surface area contributed by atoms with E-state index < -0.39 is 5.60 Å². The Balaban J connectivity index is 1.94. The Hall–Kier alpha value is -2.35. The molecule has 2 rings (SSSR count). The lowest BCUT2D eigenvalue weighted by Gasteiger charge is -2.22. The highest BCUT2D eigenvalue weighted by molar-refractivity contribution is 5.88. The normalized spacial score (nSPS) is 15.0. The predicted octanol–water partition coefficient (Wildman–Crippen LogP) is 1.62. The topological polar surface area (TPSA) is 97.0 Å². The van der Waals surface area contributed by atoms with Gasteiger partial charge in [-0.3, -0.25) is 10.00 Å². The molecule has 3 N–H and O–H groups in total. The molecule has 0 aliphatic rings. The number of aliphatic hydroxyl groups is 1. The highest BCUT2D eigenvalue weighted by atomic mass is 16.3. The van der Waals surface area contributed by atoms with Crippen molar-refractivity contribution in [1.82, 2.24) is 24.9 Å². The number of amides is 2. The molecular weight excluding hydrogens is 296 g/mol. The van der Waals surface area contributed by atoms with Gasteiger partial charge in [-0.15, -0.1) is 0 Å². The summed E-state index contributed by atoms with van der Waals surface area (Å²) >= 11 is 0. The second-order valence-corrected chi connectivity index (χ2v) is 5.90. The van der Waals surface area contributed by atoms with Crippen LogP contribution in [-0.2, 0) is 12.6 Å². The summed E-state index contributed by atoms with van der Waals surface area (Å²) in [6.45, 7) is 5.79. The van der Waals surface area contributed by atoms with Gasteiger partial charge in [-0.2, -0.15) is 10.2 Å². The van der Waals surface area contributed by atoms with E-state index in [-0.39, 0.29) is 18.6 Å². The Bertz CT molecular complexity index is 660. The number of aryl methyl sites for hydroxylation is 1. The number of carbonyl (C=O) groups is 1. The van der Waals surface area contributed by atoms with Gasteiger partial charge in [-0.05, 0) is 20.3 Å². The van der Waals surface area contributed by atoms with Crippen LogP contribution < -0.4 is 10.6 Å². The molecule has 2 atom stereocenters. The standard InChI is InChI=1S/C15H24N6O2/c1-5-11(2)21-13(6-7-17-21)19-14(22)16-10-15(3,23)12-8-18-20(4)9-12/h6-9,11,23H,5,10H2,1-4H3,(H2,16,19,22). The highest BCUT2D eigenvalue weighted by Gasteiger charge is 2.25. The summed E-state index contributed by atoms with van der Waals surface area (Å²) in [4.78, 5) is 12.1. The molecule has 2 amide bonds. The van der Waals surface area contributed by atoms with E-state index in [4.69, 9.17) is 0 Å². The quantitative estimate of drug-likeness (QED) is 0.753. The minimum atomic E-state index is -1.19. The number of nitrogens with one attached hydrogen (secondary N) is 2. The molecule has 126 valence electrons. The van der Waals surface area contributed by atoms with E-state index in [0.717, 1.165) is 6.42 Å². The zero-order valence-electron chi connectivity index (χ0n) is 13.9. The fourth-order valence-electron chi connectivity index (χ4n) is 2.15. The first-order chi connectivity index (χ1) is 10.8. The lowest BCUT2D eigenvalue weighted by molar-refractivity contribution is 0.0599. The smallest absolute Gasteiger partial charge is 0.320 e. The third kappa shape index (κ3) is 4.10. The van der Waals surface area contributed by atoms with Crippen molar-refractivity contribution in [2.75, 3.05) is 11.9 Å². The number of anilines is 1. The van der Waals surface area contributed by atoms with E-state index in [1.165, 1.54) is 0 Å². The van der Waals surface area contributed by atoms with Crippen molar-refractivity contribution in [2.24, 2.45) is 7.05 Å². The van der Waals surface area contributed by atoms with Gasteiger partial charge in [0.05, 0.1) is 25.0 Å². The van der Waals surface area contributed by atoms with E-state index in [2.05, 4.69) is 27.8 Å². The molecule has 0 radical (unpaired) electrons. The van der Waals surface area contributed by atoms with Gasteiger partial charge < -0.3 is 10.4 Å². The Kier molecular flexibility index (Phi) is 5.05. The molecule has 0 aliphatic heterocycles. The zero-order valence-corrected chi connectivity index (χ0v) is 13.9. The molecule has 8 nitrogen and oxygen atoms in total. The third-order valence-electron chi connectivity index (χ3n) is 3.84. The fourth-order valence-corrected chi connectivity index (χ4v) is 2.15. The first-order valence-electron chi connectivity index (χ1n) is 7.63. The van der Waals surface area contributed by atoms with E-state index in [1.807, 2.05) is 6.92 Å². The van der Waals surface area contributed by atoms with Crippen LogP contribution in [0.2, 0.25) is 0 Å². The molecule has 0 saturated carbocycles. The van der Waals surface area contributed by atoms with E-state index in [0.29, 0.717) is 11.4 Å². The summed E-state index contributed by atoms with van der Waals surface area (Å²) < 4.78 is 3.37. The molecule has 2 unspecified atom stereocenters.